The molecular weight excluding hydrogens is 409 g/mol. The van der Waals surface area contributed by atoms with E-state index in [-0.39, 0.29) is 17.6 Å². The molecule has 0 fully saturated rings. The Morgan fingerprint density at radius 2 is 1.66 bits per heavy atom. The SMILES string of the molecule is CCN(Cc1ccnc(NC)n1)C(=O)CCCCCCN(CC)C(=O)c1ccc(F)cc1. The number of carbonyl (C=O) groups excluding carboxylic acids is 2. The molecule has 0 atom stereocenters. The van der Waals surface area contributed by atoms with Crippen LogP contribution in [0, 0.1) is 5.82 Å². The Kier molecular flexibility index (Phi) is 10.6. The highest BCUT2D eigenvalue weighted by Crippen LogP contribution is 2.12. The van der Waals surface area contributed by atoms with E-state index in [0.717, 1.165) is 31.4 Å². The highest BCUT2D eigenvalue weighted by Gasteiger charge is 2.15. The average Bonchev–Trinajstić information content (AvgIpc) is 2.82. The maximum Gasteiger partial charge on any atom is 0.253 e. The summed E-state index contributed by atoms with van der Waals surface area (Å²) in [5, 5.41) is 2.91. The summed E-state index contributed by atoms with van der Waals surface area (Å²) in [5.74, 6) is 0.247. The summed E-state index contributed by atoms with van der Waals surface area (Å²) in [6, 6.07) is 7.48. The van der Waals surface area contributed by atoms with Gasteiger partial charge in [0.1, 0.15) is 5.82 Å². The van der Waals surface area contributed by atoms with E-state index in [4.69, 9.17) is 0 Å². The van der Waals surface area contributed by atoms with Crippen LogP contribution in [0.4, 0.5) is 10.3 Å². The molecule has 32 heavy (non-hydrogen) atoms. The second kappa shape index (κ2) is 13.4. The van der Waals surface area contributed by atoms with E-state index in [0.29, 0.717) is 44.1 Å². The fourth-order valence-corrected chi connectivity index (χ4v) is 3.45. The van der Waals surface area contributed by atoms with Crippen LogP contribution in [0.3, 0.4) is 0 Å². The average molecular weight is 444 g/mol. The van der Waals surface area contributed by atoms with Gasteiger partial charge in [-0.05, 0) is 57.0 Å². The molecule has 0 saturated heterocycles. The Bertz CT molecular complexity index is 860. The molecule has 1 aromatic carbocycles. The molecule has 7 nitrogen and oxygen atoms in total. The van der Waals surface area contributed by atoms with E-state index in [1.165, 1.54) is 24.3 Å². The molecule has 1 heterocycles. The zero-order valence-corrected chi connectivity index (χ0v) is 19.3. The van der Waals surface area contributed by atoms with Crippen molar-refractivity contribution < 1.29 is 14.0 Å². The van der Waals surface area contributed by atoms with Crippen molar-refractivity contribution in [3.05, 3.63) is 53.6 Å². The lowest BCUT2D eigenvalue weighted by Gasteiger charge is -2.21. The fourth-order valence-electron chi connectivity index (χ4n) is 3.45. The first-order chi connectivity index (χ1) is 15.5. The van der Waals surface area contributed by atoms with Crippen LogP contribution in [-0.2, 0) is 11.3 Å². The van der Waals surface area contributed by atoms with Crippen LogP contribution in [0.15, 0.2) is 36.5 Å². The Morgan fingerprint density at radius 3 is 2.31 bits per heavy atom. The Hall–Kier alpha value is -3.03. The molecular formula is C24H34FN5O2. The number of carbonyl (C=O) groups is 2. The van der Waals surface area contributed by atoms with Gasteiger partial charge in [0.05, 0.1) is 12.2 Å². The predicted molar refractivity (Wildman–Crippen MR) is 124 cm³/mol. The molecule has 0 aliphatic heterocycles. The molecule has 0 bridgehead atoms. The van der Waals surface area contributed by atoms with E-state index in [1.54, 1.807) is 18.1 Å². The summed E-state index contributed by atoms with van der Waals surface area (Å²) in [4.78, 5) is 37.2. The normalized spacial score (nSPS) is 10.6. The molecule has 174 valence electrons. The first-order valence-corrected chi connectivity index (χ1v) is 11.3. The number of aromatic nitrogens is 2. The molecule has 0 aliphatic rings. The summed E-state index contributed by atoms with van der Waals surface area (Å²) >= 11 is 0. The van der Waals surface area contributed by atoms with Gasteiger partial charge in [-0.3, -0.25) is 9.59 Å². The van der Waals surface area contributed by atoms with Gasteiger partial charge in [-0.2, -0.15) is 0 Å². The van der Waals surface area contributed by atoms with Gasteiger partial charge < -0.3 is 15.1 Å². The van der Waals surface area contributed by atoms with Crippen molar-refractivity contribution in [2.45, 2.75) is 52.5 Å². The quantitative estimate of drug-likeness (QED) is 0.471. The van der Waals surface area contributed by atoms with Gasteiger partial charge in [0.15, 0.2) is 0 Å². The highest BCUT2D eigenvalue weighted by molar-refractivity contribution is 5.94. The molecule has 0 unspecified atom stereocenters. The summed E-state index contributed by atoms with van der Waals surface area (Å²) in [6.45, 7) is 6.28. The van der Waals surface area contributed by atoms with Crippen molar-refractivity contribution in [2.75, 3.05) is 32.0 Å². The van der Waals surface area contributed by atoms with Gasteiger partial charge in [-0.1, -0.05) is 12.8 Å². The van der Waals surface area contributed by atoms with Gasteiger partial charge in [-0.25, -0.2) is 14.4 Å². The zero-order valence-electron chi connectivity index (χ0n) is 19.3. The summed E-state index contributed by atoms with van der Waals surface area (Å²) in [5.41, 5.74) is 1.31. The number of rotatable bonds is 13. The van der Waals surface area contributed by atoms with Crippen molar-refractivity contribution in [3.63, 3.8) is 0 Å². The third-order valence-corrected chi connectivity index (χ3v) is 5.35. The number of hydrogen-bond donors (Lipinski definition) is 1. The second-order valence-electron chi connectivity index (χ2n) is 7.59. The van der Waals surface area contributed by atoms with E-state index in [9.17, 15) is 14.0 Å². The van der Waals surface area contributed by atoms with E-state index in [1.807, 2.05) is 24.8 Å². The molecule has 0 radical (unpaired) electrons. The largest absolute Gasteiger partial charge is 0.357 e. The molecule has 0 spiro atoms. The fraction of sp³-hybridized carbons (Fsp3) is 0.500. The van der Waals surface area contributed by atoms with Crippen molar-refractivity contribution in [2.24, 2.45) is 0 Å². The summed E-state index contributed by atoms with van der Waals surface area (Å²) in [7, 11) is 1.76. The standard InChI is InChI=1S/C24H34FN5O2/c1-4-29(23(32)19-11-13-20(25)14-12-19)17-9-7-6-8-10-22(31)30(5-2)18-21-15-16-27-24(26-3)28-21/h11-16H,4-10,17-18H2,1-3H3,(H,26,27,28). The highest BCUT2D eigenvalue weighted by atomic mass is 19.1. The lowest BCUT2D eigenvalue weighted by atomic mass is 10.1. The smallest absolute Gasteiger partial charge is 0.253 e. The molecule has 0 saturated carbocycles. The first-order valence-electron chi connectivity index (χ1n) is 11.3. The summed E-state index contributed by atoms with van der Waals surface area (Å²) < 4.78 is 13.1. The number of anilines is 1. The van der Waals surface area contributed by atoms with Gasteiger partial charge in [0.25, 0.3) is 5.91 Å². The van der Waals surface area contributed by atoms with Crippen molar-refractivity contribution >= 4 is 17.8 Å². The van der Waals surface area contributed by atoms with Crippen LogP contribution < -0.4 is 5.32 Å². The van der Waals surface area contributed by atoms with Crippen LogP contribution in [0.2, 0.25) is 0 Å². The number of halogens is 1. The molecule has 8 heteroatoms. The third-order valence-electron chi connectivity index (χ3n) is 5.35. The first kappa shape index (κ1) is 25.2. The molecule has 0 aliphatic carbocycles. The number of nitrogens with zero attached hydrogens (tertiary/aromatic N) is 4. The van der Waals surface area contributed by atoms with E-state index in [2.05, 4.69) is 15.3 Å². The third kappa shape index (κ3) is 7.90. The van der Waals surface area contributed by atoms with Crippen molar-refractivity contribution in [1.82, 2.24) is 19.8 Å². The van der Waals surface area contributed by atoms with Crippen LogP contribution in [0.25, 0.3) is 0 Å². The van der Waals surface area contributed by atoms with Crippen LogP contribution in [0.1, 0.15) is 62.0 Å². The minimum absolute atomic E-state index is 0.0765. The number of unbranched alkanes of at least 4 members (excludes halogenated alkanes) is 3. The van der Waals surface area contributed by atoms with Crippen LogP contribution >= 0.6 is 0 Å². The molecule has 2 aromatic rings. The number of amides is 2. The lowest BCUT2D eigenvalue weighted by molar-refractivity contribution is -0.131. The van der Waals surface area contributed by atoms with Crippen molar-refractivity contribution in [1.29, 1.82) is 0 Å². The monoisotopic (exact) mass is 443 g/mol. The van der Waals surface area contributed by atoms with Crippen LogP contribution in [0.5, 0.6) is 0 Å². The maximum atomic E-state index is 13.1. The Balaban J connectivity index is 1.69. The second-order valence-corrected chi connectivity index (χ2v) is 7.59. The molecule has 1 N–H and O–H groups in total. The number of hydrogen-bond acceptors (Lipinski definition) is 5. The lowest BCUT2D eigenvalue weighted by Crippen LogP contribution is -2.31. The van der Waals surface area contributed by atoms with Crippen LogP contribution in [-0.4, -0.2) is 58.3 Å². The predicted octanol–water partition coefficient (Wildman–Crippen LogP) is 4.12. The van der Waals surface area contributed by atoms with Gasteiger partial charge in [-0.15, -0.1) is 0 Å². The Labute approximate surface area is 190 Å². The van der Waals surface area contributed by atoms with E-state index < -0.39 is 0 Å². The van der Waals surface area contributed by atoms with Gasteiger partial charge in [0.2, 0.25) is 11.9 Å². The minimum atomic E-state index is -0.347. The van der Waals surface area contributed by atoms with Gasteiger partial charge >= 0.3 is 0 Å². The maximum absolute atomic E-state index is 13.1. The Morgan fingerprint density at radius 1 is 0.969 bits per heavy atom. The number of nitrogens with one attached hydrogen (secondary N) is 1. The van der Waals surface area contributed by atoms with Crippen molar-refractivity contribution in [3.8, 4) is 0 Å². The molecule has 2 amide bonds. The van der Waals surface area contributed by atoms with Gasteiger partial charge in [0, 0.05) is 44.9 Å². The zero-order chi connectivity index (χ0) is 23.3. The summed E-state index contributed by atoms with van der Waals surface area (Å²) in [6.07, 6.45) is 5.77. The van der Waals surface area contributed by atoms with E-state index >= 15 is 0 Å². The topological polar surface area (TPSA) is 78.4 Å². The molecule has 1 aromatic heterocycles. The molecule has 2 rings (SSSR count). The number of benzene rings is 1. The minimum Gasteiger partial charge on any atom is -0.357 e.